The average molecular weight is 320 g/mol. The van der Waals surface area contributed by atoms with E-state index in [9.17, 15) is 14.0 Å². The van der Waals surface area contributed by atoms with Crippen LogP contribution in [0.1, 0.15) is 10.4 Å². The number of fused-ring (bicyclic) bond motifs is 1. The molecule has 0 radical (unpaired) electrons. The largest absolute Gasteiger partial charge is 0.477 e. The number of benzene rings is 2. The second-order valence-electron chi connectivity index (χ2n) is 4.49. The molecular weight excluding hydrogens is 309 g/mol. The van der Waals surface area contributed by atoms with Crippen LogP contribution >= 0.6 is 12.4 Å². The molecule has 6 heteroatoms. The summed E-state index contributed by atoms with van der Waals surface area (Å²) in [5.41, 5.74) is -0.884. The van der Waals surface area contributed by atoms with Gasteiger partial charge in [-0.05, 0) is 24.3 Å². The first kappa shape index (κ1) is 15.7. The number of rotatable bonds is 2. The van der Waals surface area contributed by atoms with Gasteiger partial charge in [0, 0.05) is 11.1 Å². The van der Waals surface area contributed by atoms with Gasteiger partial charge < -0.3 is 5.11 Å². The fourth-order valence-electron chi connectivity index (χ4n) is 2.32. The predicted molar refractivity (Wildman–Crippen MR) is 83.7 cm³/mol. The van der Waals surface area contributed by atoms with E-state index in [1.807, 2.05) is 0 Å². The van der Waals surface area contributed by atoms with Crippen molar-refractivity contribution in [2.75, 3.05) is 0 Å². The first-order valence-corrected chi connectivity index (χ1v) is 6.23. The van der Waals surface area contributed by atoms with Gasteiger partial charge in [0.15, 0.2) is 5.56 Å². The number of hydrogen-bond donors (Lipinski definition) is 1. The molecule has 2 aromatic carbocycles. The molecule has 0 aliphatic rings. The van der Waals surface area contributed by atoms with Crippen molar-refractivity contribution in [1.29, 1.82) is 0 Å². The molecule has 4 nitrogen and oxygen atoms in total. The van der Waals surface area contributed by atoms with E-state index < -0.39 is 22.9 Å². The summed E-state index contributed by atoms with van der Waals surface area (Å²) in [5.74, 6) is -2.65. The average Bonchev–Trinajstić information content (AvgIpc) is 2.48. The number of aromatic nitrogens is 1. The third-order valence-electron chi connectivity index (χ3n) is 3.25. The molecule has 0 aliphatic carbocycles. The minimum absolute atomic E-state index is 0. The van der Waals surface area contributed by atoms with Gasteiger partial charge in [-0.3, -0.25) is 9.36 Å². The second kappa shape index (κ2) is 5.99. The number of carboxylic acid groups (broad SMARTS) is 1. The highest BCUT2D eigenvalue weighted by Gasteiger charge is 2.22. The van der Waals surface area contributed by atoms with Gasteiger partial charge in [0.1, 0.15) is 0 Å². The molecule has 22 heavy (non-hydrogen) atoms. The first-order valence-electron chi connectivity index (χ1n) is 6.23. The van der Waals surface area contributed by atoms with Crippen molar-refractivity contribution in [1.82, 2.24) is 4.57 Å². The summed E-state index contributed by atoms with van der Waals surface area (Å²) < 4.78 is 15.7. The van der Waals surface area contributed by atoms with E-state index in [0.717, 1.165) is 4.57 Å². The molecule has 3 aromatic rings. The molecule has 112 valence electrons. The van der Waals surface area contributed by atoms with Gasteiger partial charge in [0.25, 0.3) is 0 Å². The third kappa shape index (κ3) is 2.35. The van der Waals surface area contributed by atoms with Gasteiger partial charge in [0.05, 0.1) is 5.52 Å². The molecule has 0 unspecified atom stereocenters. The normalized spacial score (nSPS) is 10.2. The Morgan fingerprint density at radius 3 is 2.23 bits per heavy atom. The molecule has 0 bridgehead atoms. The topological polar surface area (TPSA) is 59.3 Å². The highest BCUT2D eigenvalue weighted by atomic mass is 35.5. The Morgan fingerprint density at radius 1 is 1.00 bits per heavy atom. The highest BCUT2D eigenvalue weighted by Crippen LogP contribution is 2.20. The molecule has 3 rings (SSSR count). The van der Waals surface area contributed by atoms with Crippen LogP contribution in [0.3, 0.4) is 0 Å². The number of hydrogen-bond acceptors (Lipinski definition) is 2. The summed E-state index contributed by atoms with van der Waals surface area (Å²) in [6.07, 6.45) is 0. The number of halogens is 2. The van der Waals surface area contributed by atoms with E-state index in [2.05, 4.69) is 0 Å². The molecule has 0 amide bonds. The standard InChI is InChI=1S/C16H10FNO3.ClH/c17-15-13(16(20)21)14(19)11-8-4-5-9-12(11)18(15)10-6-2-1-3-7-10;/h1-9H,(H,20,21);1H. The number of carboxylic acids is 1. The van der Waals surface area contributed by atoms with Crippen LogP contribution in [0.5, 0.6) is 0 Å². The minimum atomic E-state index is -1.58. The van der Waals surface area contributed by atoms with Crippen LogP contribution < -0.4 is 5.43 Å². The zero-order valence-electron chi connectivity index (χ0n) is 11.2. The molecule has 0 aliphatic heterocycles. The van der Waals surface area contributed by atoms with Gasteiger partial charge >= 0.3 is 5.97 Å². The monoisotopic (exact) mass is 319 g/mol. The Hall–Kier alpha value is -2.66. The maximum atomic E-state index is 14.6. The van der Waals surface area contributed by atoms with E-state index >= 15 is 0 Å². The van der Waals surface area contributed by atoms with Crippen LogP contribution in [0.2, 0.25) is 0 Å². The maximum Gasteiger partial charge on any atom is 0.344 e. The molecule has 0 saturated carbocycles. The Labute approximate surface area is 130 Å². The van der Waals surface area contributed by atoms with Crippen LogP contribution in [0, 0.1) is 5.95 Å². The highest BCUT2D eigenvalue weighted by molar-refractivity contribution is 5.93. The third-order valence-corrected chi connectivity index (χ3v) is 3.25. The van der Waals surface area contributed by atoms with Crippen LogP contribution in [-0.4, -0.2) is 15.6 Å². The molecule has 1 N–H and O–H groups in total. The number of pyridine rings is 1. The van der Waals surface area contributed by atoms with Gasteiger partial charge in [-0.2, -0.15) is 4.39 Å². The van der Waals surface area contributed by atoms with Crippen LogP contribution in [0.25, 0.3) is 16.6 Å². The fraction of sp³-hybridized carbons (Fsp3) is 0. The van der Waals surface area contributed by atoms with Crippen molar-refractivity contribution < 1.29 is 14.3 Å². The van der Waals surface area contributed by atoms with E-state index in [0.29, 0.717) is 11.2 Å². The van der Waals surface area contributed by atoms with Crippen molar-refractivity contribution in [3.63, 3.8) is 0 Å². The molecule has 1 heterocycles. The SMILES string of the molecule is Cl.O=C(O)c1c(F)n(-c2ccccc2)c2ccccc2c1=O. The summed E-state index contributed by atoms with van der Waals surface area (Å²) in [7, 11) is 0. The van der Waals surface area contributed by atoms with Crippen molar-refractivity contribution in [2.24, 2.45) is 0 Å². The minimum Gasteiger partial charge on any atom is -0.477 e. The molecule has 0 atom stereocenters. The molecule has 0 saturated heterocycles. The van der Waals surface area contributed by atoms with Crippen LogP contribution in [0.4, 0.5) is 4.39 Å². The zero-order chi connectivity index (χ0) is 15.0. The van der Waals surface area contributed by atoms with E-state index in [-0.39, 0.29) is 17.8 Å². The zero-order valence-corrected chi connectivity index (χ0v) is 12.0. The summed E-state index contributed by atoms with van der Waals surface area (Å²) in [5, 5.41) is 9.29. The first-order chi connectivity index (χ1) is 10.1. The Bertz CT molecular complexity index is 906. The van der Waals surface area contributed by atoms with Gasteiger partial charge in [0.2, 0.25) is 11.4 Å². The second-order valence-corrected chi connectivity index (χ2v) is 4.49. The summed E-state index contributed by atoms with van der Waals surface area (Å²) in [4.78, 5) is 23.4. The Balaban J connectivity index is 0.00000176. The lowest BCUT2D eigenvalue weighted by atomic mass is 10.1. The van der Waals surface area contributed by atoms with E-state index in [1.165, 1.54) is 6.07 Å². The summed E-state index contributed by atoms with van der Waals surface area (Å²) >= 11 is 0. The molecule has 0 spiro atoms. The Morgan fingerprint density at radius 2 is 1.59 bits per heavy atom. The van der Waals surface area contributed by atoms with Crippen molar-refractivity contribution in [2.45, 2.75) is 0 Å². The van der Waals surface area contributed by atoms with Crippen molar-refractivity contribution in [3.05, 3.63) is 76.3 Å². The maximum absolute atomic E-state index is 14.6. The lowest BCUT2D eigenvalue weighted by Crippen LogP contribution is -2.22. The fourth-order valence-corrected chi connectivity index (χ4v) is 2.32. The molecular formula is C16H11ClFNO3. The predicted octanol–water partition coefficient (Wildman–Crippen LogP) is 3.25. The quantitative estimate of drug-likeness (QED) is 0.738. The Kier molecular flexibility index (Phi) is 4.28. The number of nitrogens with zero attached hydrogens (tertiary/aromatic N) is 1. The molecule has 1 aromatic heterocycles. The van der Waals surface area contributed by atoms with Crippen molar-refractivity contribution >= 4 is 29.3 Å². The summed E-state index contributed by atoms with van der Waals surface area (Å²) in [6, 6.07) is 14.8. The van der Waals surface area contributed by atoms with Gasteiger partial charge in [-0.1, -0.05) is 30.3 Å². The lowest BCUT2D eigenvalue weighted by molar-refractivity contribution is 0.0689. The molecule has 0 fully saturated rings. The van der Waals surface area contributed by atoms with E-state index in [1.54, 1.807) is 48.5 Å². The number of aromatic carboxylic acids is 1. The van der Waals surface area contributed by atoms with Crippen molar-refractivity contribution in [3.8, 4) is 5.69 Å². The lowest BCUT2D eigenvalue weighted by Gasteiger charge is -2.14. The van der Waals surface area contributed by atoms with Crippen LogP contribution in [0.15, 0.2) is 59.4 Å². The number of carbonyl (C=O) groups is 1. The summed E-state index contributed by atoms with van der Waals surface area (Å²) in [6.45, 7) is 0. The van der Waals surface area contributed by atoms with Gasteiger partial charge in [-0.15, -0.1) is 12.4 Å². The van der Waals surface area contributed by atoms with Gasteiger partial charge in [-0.25, -0.2) is 4.79 Å². The van der Waals surface area contributed by atoms with Crippen LogP contribution in [-0.2, 0) is 0 Å². The smallest absolute Gasteiger partial charge is 0.344 e. The number of para-hydroxylation sites is 2. The van der Waals surface area contributed by atoms with E-state index in [4.69, 9.17) is 5.11 Å².